The number of carbonyl (C=O) groups is 2. The van der Waals surface area contributed by atoms with Crippen molar-refractivity contribution in [3.05, 3.63) is 92.7 Å². The highest BCUT2D eigenvalue weighted by molar-refractivity contribution is 6.31. The first-order valence-corrected chi connectivity index (χ1v) is 8.80. The highest BCUT2D eigenvalue weighted by atomic mass is 35.5. The molecule has 0 aliphatic rings. The van der Waals surface area contributed by atoms with E-state index in [1.807, 2.05) is 6.92 Å². The van der Waals surface area contributed by atoms with Crippen molar-refractivity contribution in [1.29, 1.82) is 0 Å². The molecular weight excluding hydrogens is 400 g/mol. The summed E-state index contributed by atoms with van der Waals surface area (Å²) in [5, 5.41) is 13.8. The van der Waals surface area contributed by atoms with Gasteiger partial charge in [0.05, 0.1) is 6.07 Å². The molecule has 0 bridgehead atoms. The lowest BCUT2D eigenvalue weighted by molar-refractivity contribution is -0.402. The third-order valence-corrected chi connectivity index (χ3v) is 4.38. The van der Waals surface area contributed by atoms with Gasteiger partial charge in [0.1, 0.15) is 4.92 Å². The lowest BCUT2D eigenvalue weighted by atomic mass is 10.1. The van der Waals surface area contributed by atoms with E-state index in [0.717, 1.165) is 17.7 Å². The van der Waals surface area contributed by atoms with Crippen molar-refractivity contribution in [3.63, 3.8) is 0 Å². The molecule has 0 radical (unpaired) electrons. The Kier molecular flexibility index (Phi) is 5.94. The summed E-state index contributed by atoms with van der Waals surface area (Å²) in [6, 6.07) is 15.5. The molecule has 9 heteroatoms. The fourth-order valence-corrected chi connectivity index (χ4v) is 2.66. The van der Waals surface area contributed by atoms with E-state index in [-0.39, 0.29) is 5.76 Å². The number of nitrogens with one attached hydrogen (secondary N) is 1. The molecule has 29 heavy (non-hydrogen) atoms. The number of furan rings is 1. The number of benzene rings is 2. The van der Waals surface area contributed by atoms with Crippen molar-refractivity contribution in [3.8, 4) is 0 Å². The van der Waals surface area contributed by atoms with Crippen molar-refractivity contribution in [2.75, 3.05) is 5.32 Å². The molecule has 1 N–H and O–H groups in total. The highest BCUT2D eigenvalue weighted by Crippen LogP contribution is 2.25. The van der Waals surface area contributed by atoms with Gasteiger partial charge >= 0.3 is 11.9 Å². The van der Waals surface area contributed by atoms with Crippen LogP contribution < -0.4 is 5.32 Å². The van der Waals surface area contributed by atoms with Gasteiger partial charge in [-0.1, -0.05) is 48.0 Å². The van der Waals surface area contributed by atoms with E-state index in [1.54, 1.807) is 48.5 Å². The van der Waals surface area contributed by atoms with Crippen LogP contribution in [0.25, 0.3) is 0 Å². The summed E-state index contributed by atoms with van der Waals surface area (Å²) in [7, 11) is 0. The molecule has 0 saturated carbocycles. The summed E-state index contributed by atoms with van der Waals surface area (Å²) < 4.78 is 10.2. The van der Waals surface area contributed by atoms with Gasteiger partial charge in [0.25, 0.3) is 5.91 Å². The monoisotopic (exact) mass is 414 g/mol. The Morgan fingerprint density at radius 2 is 1.86 bits per heavy atom. The largest absolute Gasteiger partial charge is 0.441 e. The number of aryl methyl sites for hydroxylation is 1. The summed E-state index contributed by atoms with van der Waals surface area (Å²) >= 11 is 6.08. The topological polar surface area (TPSA) is 112 Å². The smallest absolute Gasteiger partial charge is 0.433 e. The quantitative estimate of drug-likeness (QED) is 0.356. The van der Waals surface area contributed by atoms with Crippen LogP contribution in [-0.2, 0) is 9.53 Å². The van der Waals surface area contributed by atoms with Crippen LogP contribution in [0.2, 0.25) is 5.02 Å². The number of rotatable bonds is 6. The van der Waals surface area contributed by atoms with Gasteiger partial charge in [0.2, 0.25) is 11.9 Å². The zero-order chi connectivity index (χ0) is 21.0. The maximum absolute atomic E-state index is 12.8. The van der Waals surface area contributed by atoms with Crippen LogP contribution >= 0.6 is 11.6 Å². The van der Waals surface area contributed by atoms with Crippen LogP contribution in [0.15, 0.2) is 65.1 Å². The summed E-state index contributed by atoms with van der Waals surface area (Å²) in [5.74, 6) is -2.62. The van der Waals surface area contributed by atoms with Gasteiger partial charge in [-0.25, -0.2) is 4.79 Å². The molecule has 0 aliphatic carbocycles. The van der Waals surface area contributed by atoms with E-state index in [9.17, 15) is 19.7 Å². The first-order chi connectivity index (χ1) is 13.8. The molecule has 1 amide bonds. The Morgan fingerprint density at radius 3 is 2.48 bits per heavy atom. The number of halogens is 1. The molecule has 8 nitrogen and oxygen atoms in total. The van der Waals surface area contributed by atoms with Gasteiger partial charge in [-0.05, 0) is 30.7 Å². The Hall–Kier alpha value is -3.65. The molecule has 3 aromatic rings. The Bertz CT molecular complexity index is 1060. The third kappa shape index (κ3) is 4.80. The average Bonchev–Trinajstić information content (AvgIpc) is 3.20. The van der Waals surface area contributed by atoms with Gasteiger partial charge in [-0.15, -0.1) is 0 Å². The van der Waals surface area contributed by atoms with Crippen molar-refractivity contribution in [2.45, 2.75) is 13.0 Å². The number of hydrogen-bond donors (Lipinski definition) is 1. The Labute approximate surface area is 170 Å². The van der Waals surface area contributed by atoms with Crippen LogP contribution in [-0.4, -0.2) is 16.8 Å². The Morgan fingerprint density at radius 1 is 1.14 bits per heavy atom. The van der Waals surface area contributed by atoms with Crippen molar-refractivity contribution < 1.29 is 23.7 Å². The average molecular weight is 415 g/mol. The number of nitrogens with zero attached hydrogens (tertiary/aromatic N) is 1. The standard InChI is InChI=1S/C20H15ClN2O6/c1-12-7-8-14(11-15(12)21)22-19(24)18(13-5-3-2-4-6-13)29-20(25)16-9-10-17(28-16)23(26)27/h2-11,18H,1H3,(H,22,24). The van der Waals surface area contributed by atoms with Crippen LogP contribution in [0.1, 0.15) is 27.8 Å². The molecule has 148 valence electrons. The second kappa shape index (κ2) is 8.57. The fourth-order valence-electron chi connectivity index (χ4n) is 2.48. The van der Waals surface area contributed by atoms with Gasteiger partial charge in [-0.3, -0.25) is 14.9 Å². The number of ether oxygens (including phenoxy) is 1. The second-order valence-corrected chi connectivity index (χ2v) is 6.45. The van der Waals surface area contributed by atoms with Crippen molar-refractivity contribution >= 4 is 35.0 Å². The van der Waals surface area contributed by atoms with Crippen LogP contribution in [0.4, 0.5) is 11.6 Å². The van der Waals surface area contributed by atoms with E-state index < -0.39 is 28.8 Å². The second-order valence-electron chi connectivity index (χ2n) is 6.04. The summed E-state index contributed by atoms with van der Waals surface area (Å²) in [5.41, 5.74) is 1.68. The molecule has 3 rings (SSSR count). The summed E-state index contributed by atoms with van der Waals surface area (Å²) in [4.78, 5) is 35.1. The zero-order valence-corrected chi connectivity index (χ0v) is 15.9. The SMILES string of the molecule is Cc1ccc(NC(=O)C(OC(=O)c2ccc([N+](=O)[O-])o2)c2ccccc2)cc1Cl. The van der Waals surface area contributed by atoms with Crippen molar-refractivity contribution in [2.24, 2.45) is 0 Å². The minimum atomic E-state index is -1.31. The van der Waals surface area contributed by atoms with Crippen LogP contribution in [0, 0.1) is 17.0 Å². The van der Waals surface area contributed by atoms with Gasteiger partial charge in [0, 0.05) is 16.3 Å². The number of hydrogen-bond acceptors (Lipinski definition) is 6. The van der Waals surface area contributed by atoms with Crippen LogP contribution in [0.3, 0.4) is 0 Å². The number of nitro groups is 1. The van der Waals surface area contributed by atoms with E-state index in [0.29, 0.717) is 16.3 Å². The first kappa shape index (κ1) is 20.1. The van der Waals surface area contributed by atoms with Gasteiger partial charge in [0.15, 0.2) is 0 Å². The summed E-state index contributed by atoms with van der Waals surface area (Å²) in [6.07, 6.45) is -1.31. The number of anilines is 1. The molecular formula is C20H15ClN2O6. The fraction of sp³-hybridized carbons (Fsp3) is 0.100. The van der Waals surface area contributed by atoms with Gasteiger partial charge in [-0.2, -0.15) is 0 Å². The normalized spacial score (nSPS) is 11.5. The minimum absolute atomic E-state index is 0.385. The zero-order valence-electron chi connectivity index (χ0n) is 15.1. The van der Waals surface area contributed by atoms with Gasteiger partial charge < -0.3 is 14.5 Å². The molecule has 1 atom stereocenters. The maximum atomic E-state index is 12.8. The van der Waals surface area contributed by atoms with E-state index in [4.69, 9.17) is 20.8 Å². The predicted molar refractivity (Wildman–Crippen MR) is 105 cm³/mol. The first-order valence-electron chi connectivity index (χ1n) is 8.42. The van der Waals surface area contributed by atoms with Crippen molar-refractivity contribution in [1.82, 2.24) is 0 Å². The molecule has 1 aromatic heterocycles. The molecule has 1 heterocycles. The molecule has 0 aliphatic heterocycles. The van der Waals surface area contributed by atoms with E-state index >= 15 is 0 Å². The molecule has 0 fully saturated rings. The lowest BCUT2D eigenvalue weighted by Gasteiger charge is -2.17. The minimum Gasteiger partial charge on any atom is -0.441 e. The number of carbonyl (C=O) groups excluding carboxylic acids is 2. The highest BCUT2D eigenvalue weighted by Gasteiger charge is 2.28. The number of esters is 1. The molecule has 0 spiro atoms. The summed E-state index contributed by atoms with van der Waals surface area (Å²) in [6.45, 7) is 1.82. The lowest BCUT2D eigenvalue weighted by Crippen LogP contribution is -2.25. The van der Waals surface area contributed by atoms with E-state index in [2.05, 4.69) is 5.32 Å². The van der Waals surface area contributed by atoms with E-state index in [1.165, 1.54) is 0 Å². The third-order valence-electron chi connectivity index (χ3n) is 3.98. The molecule has 0 saturated heterocycles. The number of amides is 1. The maximum Gasteiger partial charge on any atom is 0.433 e. The Balaban J connectivity index is 1.84. The molecule has 1 unspecified atom stereocenters. The predicted octanol–water partition coefficient (Wildman–Crippen LogP) is 4.69. The van der Waals surface area contributed by atoms with Crippen LogP contribution in [0.5, 0.6) is 0 Å². The molecule has 2 aromatic carbocycles.